The summed E-state index contributed by atoms with van der Waals surface area (Å²) in [6, 6.07) is -0.203. The first-order chi connectivity index (χ1) is 7.83. The third kappa shape index (κ3) is 4.63. The maximum atomic E-state index is 11.4. The van der Waals surface area contributed by atoms with Crippen LogP contribution in [0.5, 0.6) is 0 Å². The minimum atomic E-state index is -0.827. The quantitative estimate of drug-likeness (QED) is 0.659. The molecule has 1 aliphatic carbocycles. The van der Waals surface area contributed by atoms with Gasteiger partial charge in [-0.05, 0) is 24.2 Å². The predicted molar refractivity (Wildman–Crippen MR) is 64.7 cm³/mol. The van der Waals surface area contributed by atoms with Crippen LogP contribution in [-0.4, -0.2) is 30.2 Å². The average Bonchev–Trinajstić information content (AvgIpc) is 2.83. The van der Waals surface area contributed by atoms with Crippen LogP contribution < -0.4 is 10.6 Å². The van der Waals surface area contributed by atoms with Gasteiger partial charge < -0.3 is 15.7 Å². The summed E-state index contributed by atoms with van der Waals surface area (Å²) in [6.07, 6.45) is 1.61. The van der Waals surface area contributed by atoms with Crippen LogP contribution >= 0.6 is 0 Å². The fourth-order valence-corrected chi connectivity index (χ4v) is 1.73. The van der Waals surface area contributed by atoms with Crippen molar-refractivity contribution in [3.63, 3.8) is 0 Å². The molecule has 1 aliphatic rings. The molecule has 0 spiro atoms. The highest BCUT2D eigenvalue weighted by atomic mass is 16.4. The van der Waals surface area contributed by atoms with E-state index < -0.39 is 11.9 Å². The van der Waals surface area contributed by atoms with E-state index >= 15 is 0 Å². The molecule has 2 unspecified atom stereocenters. The molecule has 17 heavy (non-hydrogen) atoms. The van der Waals surface area contributed by atoms with Crippen LogP contribution in [-0.2, 0) is 4.79 Å². The third-order valence-corrected chi connectivity index (χ3v) is 3.51. The Morgan fingerprint density at radius 3 is 2.47 bits per heavy atom. The molecule has 0 aromatic carbocycles. The zero-order valence-electron chi connectivity index (χ0n) is 10.7. The number of carbonyl (C=O) groups is 2. The average molecular weight is 242 g/mol. The lowest BCUT2D eigenvalue weighted by molar-refractivity contribution is -0.141. The summed E-state index contributed by atoms with van der Waals surface area (Å²) in [5, 5.41) is 14.1. The second-order valence-electron chi connectivity index (χ2n) is 5.55. The van der Waals surface area contributed by atoms with Gasteiger partial charge in [-0.15, -0.1) is 0 Å². The molecule has 2 amide bonds. The van der Waals surface area contributed by atoms with E-state index in [0.29, 0.717) is 30.8 Å². The molecule has 5 nitrogen and oxygen atoms in total. The molecule has 0 bridgehead atoms. The number of nitrogens with one attached hydrogen (secondary N) is 2. The fraction of sp³-hybridized carbons (Fsp3) is 0.833. The van der Waals surface area contributed by atoms with Gasteiger partial charge in [0.15, 0.2) is 0 Å². The normalized spacial score (nSPS) is 22.6. The monoisotopic (exact) mass is 242 g/mol. The maximum Gasteiger partial charge on any atom is 0.314 e. The van der Waals surface area contributed by atoms with Crippen molar-refractivity contribution in [3.05, 3.63) is 0 Å². The number of carboxylic acids is 1. The highest BCUT2D eigenvalue weighted by Crippen LogP contribution is 2.50. The second kappa shape index (κ2) is 5.38. The van der Waals surface area contributed by atoms with E-state index in [9.17, 15) is 9.59 Å². The molecule has 5 heteroatoms. The summed E-state index contributed by atoms with van der Waals surface area (Å²) >= 11 is 0. The molecular formula is C12H22N2O3. The number of carboxylic acid groups (broad SMARTS) is 1. The third-order valence-electron chi connectivity index (χ3n) is 3.51. The number of aliphatic carboxylic acids is 1. The summed E-state index contributed by atoms with van der Waals surface area (Å²) in [4.78, 5) is 21.9. The smallest absolute Gasteiger partial charge is 0.314 e. The first-order valence-corrected chi connectivity index (χ1v) is 6.07. The first kappa shape index (κ1) is 13.8. The van der Waals surface area contributed by atoms with E-state index in [-0.39, 0.29) is 6.03 Å². The van der Waals surface area contributed by atoms with Gasteiger partial charge in [0.1, 0.15) is 0 Å². The Morgan fingerprint density at radius 1 is 1.41 bits per heavy atom. The van der Waals surface area contributed by atoms with Gasteiger partial charge in [-0.25, -0.2) is 4.79 Å². The molecule has 0 aliphatic heterocycles. The van der Waals surface area contributed by atoms with Crippen LogP contribution in [0.2, 0.25) is 0 Å². The van der Waals surface area contributed by atoms with E-state index in [4.69, 9.17) is 5.11 Å². The summed E-state index contributed by atoms with van der Waals surface area (Å²) in [7, 11) is 0. The molecule has 3 N–H and O–H groups in total. The molecule has 0 aromatic rings. The maximum absolute atomic E-state index is 11.4. The fourth-order valence-electron chi connectivity index (χ4n) is 1.73. The van der Waals surface area contributed by atoms with Gasteiger partial charge in [-0.1, -0.05) is 20.8 Å². The first-order valence-electron chi connectivity index (χ1n) is 6.07. The van der Waals surface area contributed by atoms with Crippen LogP contribution in [0.4, 0.5) is 4.79 Å². The van der Waals surface area contributed by atoms with Crippen molar-refractivity contribution < 1.29 is 14.7 Å². The van der Waals surface area contributed by atoms with E-state index in [1.807, 2.05) is 0 Å². The molecule has 0 saturated heterocycles. The molecule has 0 aromatic heterocycles. The number of amides is 2. The van der Waals surface area contributed by atoms with Crippen LogP contribution in [0.3, 0.4) is 0 Å². The Labute approximate surface area is 102 Å². The molecule has 98 valence electrons. The van der Waals surface area contributed by atoms with Crippen molar-refractivity contribution in [1.82, 2.24) is 10.6 Å². The Morgan fingerprint density at radius 2 is 2.00 bits per heavy atom. The standard InChI is InChI=1S/C12H22N2O3/c1-8(10(15)16)4-5-13-11(17)14-7-9-6-12(9,2)3/h8-9H,4-7H2,1-3H3,(H,15,16)(H2,13,14,17). The van der Waals surface area contributed by atoms with Gasteiger partial charge in [0, 0.05) is 13.1 Å². The minimum absolute atomic E-state index is 0.203. The SMILES string of the molecule is CC(CCNC(=O)NCC1CC1(C)C)C(=O)O. The summed E-state index contributed by atoms with van der Waals surface area (Å²) in [5.74, 6) is -0.671. The van der Waals surface area contributed by atoms with E-state index in [1.54, 1.807) is 6.92 Å². The molecule has 1 rings (SSSR count). The second-order valence-corrected chi connectivity index (χ2v) is 5.55. The van der Waals surface area contributed by atoms with Crippen molar-refractivity contribution in [2.45, 2.75) is 33.6 Å². The molecule has 2 atom stereocenters. The van der Waals surface area contributed by atoms with Gasteiger partial charge in [0.05, 0.1) is 5.92 Å². The Kier molecular flexibility index (Phi) is 4.37. The number of rotatable bonds is 6. The van der Waals surface area contributed by atoms with Crippen LogP contribution in [0.25, 0.3) is 0 Å². The number of hydrogen-bond acceptors (Lipinski definition) is 2. The van der Waals surface area contributed by atoms with Crippen molar-refractivity contribution in [2.24, 2.45) is 17.3 Å². The lowest BCUT2D eigenvalue weighted by Gasteiger charge is -2.09. The Hall–Kier alpha value is -1.26. The van der Waals surface area contributed by atoms with Crippen LogP contribution in [0.15, 0.2) is 0 Å². The van der Waals surface area contributed by atoms with Crippen molar-refractivity contribution in [3.8, 4) is 0 Å². The highest BCUT2D eigenvalue weighted by Gasteiger charge is 2.45. The number of carbonyl (C=O) groups excluding carboxylic acids is 1. The van der Waals surface area contributed by atoms with Crippen LogP contribution in [0.1, 0.15) is 33.6 Å². The van der Waals surface area contributed by atoms with Crippen molar-refractivity contribution >= 4 is 12.0 Å². The molecule has 0 heterocycles. The largest absolute Gasteiger partial charge is 0.481 e. The van der Waals surface area contributed by atoms with E-state index in [2.05, 4.69) is 24.5 Å². The highest BCUT2D eigenvalue weighted by molar-refractivity contribution is 5.74. The van der Waals surface area contributed by atoms with Crippen LogP contribution in [0, 0.1) is 17.3 Å². The van der Waals surface area contributed by atoms with Crippen molar-refractivity contribution in [2.75, 3.05) is 13.1 Å². The minimum Gasteiger partial charge on any atom is -0.481 e. The topological polar surface area (TPSA) is 78.4 Å². The zero-order valence-corrected chi connectivity index (χ0v) is 10.7. The lowest BCUT2D eigenvalue weighted by atomic mass is 10.1. The van der Waals surface area contributed by atoms with E-state index in [1.165, 1.54) is 0 Å². The lowest BCUT2D eigenvalue weighted by Crippen LogP contribution is -2.38. The van der Waals surface area contributed by atoms with Gasteiger partial charge in [-0.3, -0.25) is 4.79 Å². The zero-order chi connectivity index (χ0) is 13.1. The van der Waals surface area contributed by atoms with Crippen molar-refractivity contribution in [1.29, 1.82) is 0 Å². The summed E-state index contributed by atoms with van der Waals surface area (Å²) in [6.45, 7) is 7.10. The van der Waals surface area contributed by atoms with Gasteiger partial charge in [-0.2, -0.15) is 0 Å². The van der Waals surface area contributed by atoms with Gasteiger partial charge in [0.25, 0.3) is 0 Å². The van der Waals surface area contributed by atoms with E-state index in [0.717, 1.165) is 6.42 Å². The molecule has 0 radical (unpaired) electrons. The molecule has 1 fully saturated rings. The predicted octanol–water partition coefficient (Wildman–Crippen LogP) is 1.44. The van der Waals surface area contributed by atoms with Gasteiger partial charge >= 0.3 is 12.0 Å². The number of hydrogen-bond donors (Lipinski definition) is 3. The summed E-state index contributed by atoms with van der Waals surface area (Å²) < 4.78 is 0. The Bertz CT molecular complexity index is 302. The number of urea groups is 1. The molecule has 1 saturated carbocycles. The summed E-state index contributed by atoms with van der Waals surface area (Å²) in [5.41, 5.74) is 0.366. The van der Waals surface area contributed by atoms with Gasteiger partial charge in [0.2, 0.25) is 0 Å². The molecular weight excluding hydrogens is 220 g/mol. The Balaban J connectivity index is 2.04.